The first kappa shape index (κ1) is 18.2. The van der Waals surface area contributed by atoms with E-state index in [0.29, 0.717) is 34.6 Å². The number of amides is 1. The summed E-state index contributed by atoms with van der Waals surface area (Å²) in [5.41, 5.74) is 1.64. The number of aliphatic hydroxyl groups excluding tert-OH is 1. The Morgan fingerprint density at radius 2 is 2.18 bits per heavy atom. The van der Waals surface area contributed by atoms with Gasteiger partial charge in [-0.05, 0) is 31.0 Å². The quantitative estimate of drug-likeness (QED) is 0.728. The molecule has 7 nitrogen and oxygen atoms in total. The molecule has 1 aliphatic heterocycles. The Morgan fingerprint density at radius 3 is 2.96 bits per heavy atom. The van der Waals surface area contributed by atoms with Gasteiger partial charge in [0, 0.05) is 25.0 Å². The molecule has 1 N–H and O–H groups in total. The van der Waals surface area contributed by atoms with Crippen molar-refractivity contribution in [2.75, 3.05) is 19.8 Å². The van der Waals surface area contributed by atoms with Crippen LogP contribution in [0.25, 0.3) is 22.3 Å². The van der Waals surface area contributed by atoms with Crippen molar-refractivity contribution in [1.29, 1.82) is 0 Å². The summed E-state index contributed by atoms with van der Waals surface area (Å²) in [7, 11) is 0. The van der Waals surface area contributed by atoms with Crippen LogP contribution in [0.15, 0.2) is 42.9 Å². The number of fused-ring (bicyclic) bond motifs is 1. The zero-order valence-electron chi connectivity index (χ0n) is 15.1. The maximum atomic E-state index is 13.2. The van der Waals surface area contributed by atoms with Gasteiger partial charge in [-0.2, -0.15) is 0 Å². The first-order valence-corrected chi connectivity index (χ1v) is 9.05. The summed E-state index contributed by atoms with van der Waals surface area (Å²) in [5, 5.41) is 10.1. The molecule has 28 heavy (non-hydrogen) atoms. The Balaban J connectivity index is 1.62. The molecule has 0 bridgehead atoms. The van der Waals surface area contributed by atoms with E-state index in [-0.39, 0.29) is 25.2 Å². The largest absolute Gasteiger partial charge is 0.483 e. The Hall–Kier alpha value is -3.13. The molecule has 0 spiro atoms. The molecular formula is C20H19FN4O3. The molecule has 1 saturated heterocycles. The molecule has 3 aromatic rings. The number of carbonyl (C=O) groups is 1. The molecule has 0 unspecified atom stereocenters. The van der Waals surface area contributed by atoms with Gasteiger partial charge in [0.1, 0.15) is 11.6 Å². The number of ether oxygens (including phenoxy) is 1. The normalized spacial score (nSPS) is 16.5. The third kappa shape index (κ3) is 3.63. The van der Waals surface area contributed by atoms with Crippen molar-refractivity contribution in [2.45, 2.75) is 18.9 Å². The van der Waals surface area contributed by atoms with E-state index in [2.05, 4.69) is 15.0 Å². The summed E-state index contributed by atoms with van der Waals surface area (Å²) in [5.74, 6) is -0.154. The van der Waals surface area contributed by atoms with Gasteiger partial charge in [-0.15, -0.1) is 0 Å². The van der Waals surface area contributed by atoms with Crippen LogP contribution in [0.2, 0.25) is 0 Å². The average molecular weight is 382 g/mol. The van der Waals surface area contributed by atoms with Crippen LogP contribution >= 0.6 is 0 Å². The molecule has 1 atom stereocenters. The maximum absolute atomic E-state index is 13.2. The van der Waals surface area contributed by atoms with Crippen molar-refractivity contribution in [3.05, 3.63) is 48.7 Å². The van der Waals surface area contributed by atoms with E-state index >= 15 is 0 Å². The highest BCUT2D eigenvalue weighted by atomic mass is 19.1. The number of hydrogen-bond acceptors (Lipinski definition) is 6. The van der Waals surface area contributed by atoms with E-state index in [4.69, 9.17) is 4.74 Å². The average Bonchev–Trinajstić information content (AvgIpc) is 3.21. The van der Waals surface area contributed by atoms with Gasteiger partial charge in [-0.1, -0.05) is 0 Å². The van der Waals surface area contributed by atoms with E-state index in [1.54, 1.807) is 29.4 Å². The highest BCUT2D eigenvalue weighted by Crippen LogP contribution is 2.29. The summed E-state index contributed by atoms with van der Waals surface area (Å²) in [6.45, 7) is 0.422. The standard InChI is InChI=1S/C20H19FN4O3/c21-13-3-4-17(23-9-13)18-8-19(15-10-22-6-5-16(15)24-18)28-12-20(27)25-7-1-2-14(25)11-26/h3-6,8-10,14,26H,1-2,7,11-12H2/t14-/m1/s1. The highest BCUT2D eigenvalue weighted by molar-refractivity contribution is 5.87. The fraction of sp³-hybridized carbons (Fsp3) is 0.300. The van der Waals surface area contributed by atoms with Gasteiger partial charge in [0.15, 0.2) is 6.61 Å². The molecule has 1 aliphatic rings. The molecule has 1 fully saturated rings. The van der Waals surface area contributed by atoms with Crippen molar-refractivity contribution in [3.8, 4) is 17.1 Å². The maximum Gasteiger partial charge on any atom is 0.260 e. The van der Waals surface area contributed by atoms with Crippen LogP contribution < -0.4 is 4.74 Å². The Morgan fingerprint density at radius 1 is 1.29 bits per heavy atom. The van der Waals surface area contributed by atoms with Crippen molar-refractivity contribution in [3.63, 3.8) is 0 Å². The molecule has 4 rings (SSSR count). The molecule has 0 radical (unpaired) electrons. The third-order valence-electron chi connectivity index (χ3n) is 4.82. The molecular weight excluding hydrogens is 363 g/mol. The van der Waals surface area contributed by atoms with Gasteiger partial charge in [0.25, 0.3) is 5.91 Å². The van der Waals surface area contributed by atoms with Crippen LogP contribution in [0.5, 0.6) is 5.75 Å². The molecule has 0 aliphatic carbocycles. The summed E-state index contributed by atoms with van der Waals surface area (Å²) in [4.78, 5) is 26.9. The monoisotopic (exact) mass is 382 g/mol. The van der Waals surface area contributed by atoms with E-state index < -0.39 is 5.82 Å². The lowest BCUT2D eigenvalue weighted by Gasteiger charge is -2.23. The van der Waals surface area contributed by atoms with Gasteiger partial charge in [0.05, 0.1) is 41.1 Å². The second kappa shape index (κ2) is 7.85. The SMILES string of the molecule is O=C(COc1cc(-c2ccc(F)cn2)nc2ccncc12)N1CCC[C@@H]1CO. The minimum Gasteiger partial charge on any atom is -0.483 e. The molecule has 4 heterocycles. The van der Waals surface area contributed by atoms with E-state index in [1.807, 2.05) is 0 Å². The third-order valence-corrected chi connectivity index (χ3v) is 4.82. The van der Waals surface area contributed by atoms with Crippen LogP contribution in [-0.2, 0) is 4.79 Å². The zero-order valence-corrected chi connectivity index (χ0v) is 15.1. The van der Waals surface area contributed by atoms with E-state index in [1.165, 1.54) is 12.1 Å². The number of nitrogens with zero attached hydrogens (tertiary/aromatic N) is 4. The summed E-state index contributed by atoms with van der Waals surface area (Å²) < 4.78 is 19.0. The summed E-state index contributed by atoms with van der Waals surface area (Å²) in [6.07, 6.45) is 6.03. The lowest BCUT2D eigenvalue weighted by molar-refractivity contribution is -0.134. The summed E-state index contributed by atoms with van der Waals surface area (Å²) in [6, 6.07) is 6.11. The first-order chi connectivity index (χ1) is 13.7. The zero-order chi connectivity index (χ0) is 19.5. The van der Waals surface area contributed by atoms with Gasteiger partial charge in [-0.3, -0.25) is 14.8 Å². The topological polar surface area (TPSA) is 88.4 Å². The second-order valence-electron chi connectivity index (χ2n) is 6.61. The van der Waals surface area contributed by atoms with Gasteiger partial charge in [-0.25, -0.2) is 9.37 Å². The Bertz CT molecular complexity index is 996. The van der Waals surface area contributed by atoms with Crippen LogP contribution in [-0.4, -0.2) is 56.7 Å². The molecule has 3 aromatic heterocycles. The fourth-order valence-electron chi connectivity index (χ4n) is 3.39. The number of aromatic nitrogens is 3. The smallest absolute Gasteiger partial charge is 0.260 e. The minimum absolute atomic E-state index is 0.0474. The molecule has 0 saturated carbocycles. The highest BCUT2D eigenvalue weighted by Gasteiger charge is 2.28. The number of hydrogen-bond donors (Lipinski definition) is 1. The van der Waals surface area contributed by atoms with Crippen LogP contribution in [0.3, 0.4) is 0 Å². The van der Waals surface area contributed by atoms with E-state index in [9.17, 15) is 14.3 Å². The lowest BCUT2D eigenvalue weighted by Crippen LogP contribution is -2.40. The number of aliphatic hydroxyl groups is 1. The van der Waals surface area contributed by atoms with Crippen LogP contribution in [0.4, 0.5) is 4.39 Å². The van der Waals surface area contributed by atoms with Crippen molar-refractivity contribution in [1.82, 2.24) is 19.9 Å². The van der Waals surface area contributed by atoms with Crippen LogP contribution in [0.1, 0.15) is 12.8 Å². The number of halogens is 1. The molecule has 0 aromatic carbocycles. The first-order valence-electron chi connectivity index (χ1n) is 9.05. The fourth-order valence-corrected chi connectivity index (χ4v) is 3.39. The van der Waals surface area contributed by atoms with Gasteiger partial charge < -0.3 is 14.7 Å². The number of likely N-dealkylation sites (tertiary alicyclic amines) is 1. The number of carbonyl (C=O) groups excluding carboxylic acids is 1. The molecule has 144 valence electrons. The van der Waals surface area contributed by atoms with Crippen molar-refractivity contribution in [2.24, 2.45) is 0 Å². The Labute approximate surface area is 160 Å². The number of rotatable bonds is 5. The van der Waals surface area contributed by atoms with Gasteiger partial charge in [0.2, 0.25) is 0 Å². The van der Waals surface area contributed by atoms with E-state index in [0.717, 1.165) is 19.0 Å². The van der Waals surface area contributed by atoms with Gasteiger partial charge >= 0.3 is 0 Å². The van der Waals surface area contributed by atoms with Crippen LogP contribution in [0, 0.1) is 5.82 Å². The van der Waals surface area contributed by atoms with Crippen molar-refractivity contribution >= 4 is 16.8 Å². The molecule has 1 amide bonds. The van der Waals surface area contributed by atoms with Crippen molar-refractivity contribution < 1.29 is 19.0 Å². The second-order valence-corrected chi connectivity index (χ2v) is 6.61. The summed E-state index contributed by atoms with van der Waals surface area (Å²) >= 11 is 0. The number of pyridine rings is 3. The Kier molecular flexibility index (Phi) is 5.12. The molecule has 8 heteroatoms. The minimum atomic E-state index is -0.431. The lowest BCUT2D eigenvalue weighted by atomic mass is 10.2. The predicted octanol–water partition coefficient (Wildman–Crippen LogP) is 2.19. The predicted molar refractivity (Wildman–Crippen MR) is 100 cm³/mol.